The average molecular weight is 390 g/mol. The summed E-state index contributed by atoms with van der Waals surface area (Å²) in [5, 5.41) is 17.0. The van der Waals surface area contributed by atoms with E-state index >= 15 is 0 Å². The Morgan fingerprint density at radius 3 is 2.66 bits per heavy atom. The van der Waals surface area contributed by atoms with Crippen molar-refractivity contribution in [2.75, 3.05) is 20.7 Å². The highest BCUT2D eigenvalue weighted by Gasteiger charge is 2.18. The zero-order valence-corrected chi connectivity index (χ0v) is 17.2. The van der Waals surface area contributed by atoms with Crippen LogP contribution in [0.4, 0.5) is 0 Å². The molecule has 3 aromatic rings. The van der Waals surface area contributed by atoms with Crippen LogP contribution in [0.25, 0.3) is 17.3 Å². The van der Waals surface area contributed by atoms with Crippen molar-refractivity contribution in [2.24, 2.45) is 4.99 Å². The molecule has 29 heavy (non-hydrogen) atoms. The van der Waals surface area contributed by atoms with Gasteiger partial charge in [-0.3, -0.25) is 0 Å². The Kier molecular flexibility index (Phi) is 5.13. The van der Waals surface area contributed by atoms with Crippen molar-refractivity contribution in [3.05, 3.63) is 74.1 Å². The number of aromatic amines is 2. The number of H-pyrrole nitrogens is 2. The number of aliphatic hydroxyl groups is 1. The van der Waals surface area contributed by atoms with Crippen LogP contribution >= 0.6 is 0 Å². The lowest BCUT2D eigenvalue weighted by Gasteiger charge is -2.04. The van der Waals surface area contributed by atoms with Crippen LogP contribution in [0.15, 0.2) is 35.3 Å². The van der Waals surface area contributed by atoms with Crippen molar-refractivity contribution in [3.63, 3.8) is 0 Å². The molecule has 0 radical (unpaired) electrons. The van der Waals surface area contributed by atoms with Gasteiger partial charge in [0.25, 0.3) is 0 Å². The lowest BCUT2D eigenvalue weighted by atomic mass is 10.1. The van der Waals surface area contributed by atoms with Crippen molar-refractivity contribution in [1.29, 1.82) is 0 Å². The largest absolute Gasteiger partial charge is 0.494 e. The molecule has 0 fully saturated rings. The summed E-state index contributed by atoms with van der Waals surface area (Å²) in [5.74, 6) is 0.636. The first-order chi connectivity index (χ1) is 14.1. The molecule has 3 heterocycles. The van der Waals surface area contributed by atoms with Crippen LogP contribution in [0.2, 0.25) is 0 Å². The van der Waals surface area contributed by atoms with Gasteiger partial charge in [-0.1, -0.05) is 18.2 Å². The van der Waals surface area contributed by atoms with Crippen LogP contribution in [0.3, 0.4) is 0 Å². The lowest BCUT2D eigenvalue weighted by Crippen LogP contribution is -2.26. The molecule has 6 heteroatoms. The van der Waals surface area contributed by atoms with Gasteiger partial charge in [0, 0.05) is 34.3 Å². The smallest absolute Gasteiger partial charge is 0.150 e. The van der Waals surface area contributed by atoms with Gasteiger partial charge in [-0.25, -0.2) is 4.99 Å². The van der Waals surface area contributed by atoms with Gasteiger partial charge in [0.2, 0.25) is 0 Å². The number of ether oxygens (including phenoxy) is 1. The second-order valence-corrected chi connectivity index (χ2v) is 7.26. The summed E-state index contributed by atoms with van der Waals surface area (Å²) >= 11 is 0. The maximum absolute atomic E-state index is 10.2. The van der Waals surface area contributed by atoms with E-state index in [9.17, 15) is 5.11 Å². The number of rotatable bonds is 5. The Morgan fingerprint density at radius 1 is 1.21 bits per heavy atom. The lowest BCUT2D eigenvalue weighted by molar-refractivity contribution is 0.273. The fraction of sp³-hybridized carbons (Fsp3) is 0.261. The maximum Gasteiger partial charge on any atom is 0.150 e. The number of nitrogens with zero attached hydrogens (tertiary/aromatic N) is 1. The third kappa shape index (κ3) is 3.30. The molecule has 1 aliphatic heterocycles. The topological polar surface area (TPSA) is 85.4 Å². The van der Waals surface area contributed by atoms with Crippen LogP contribution in [-0.4, -0.2) is 35.8 Å². The number of hydrogen-bond donors (Lipinski definition) is 4. The summed E-state index contributed by atoms with van der Waals surface area (Å²) in [6.45, 7) is 4.63. The minimum absolute atomic E-state index is 0.145. The van der Waals surface area contributed by atoms with E-state index < -0.39 is 0 Å². The van der Waals surface area contributed by atoms with Crippen molar-refractivity contribution < 1.29 is 9.84 Å². The summed E-state index contributed by atoms with van der Waals surface area (Å²) in [7, 11) is 3.54. The van der Waals surface area contributed by atoms with Crippen molar-refractivity contribution in [3.8, 4) is 5.75 Å². The van der Waals surface area contributed by atoms with E-state index in [0.717, 1.165) is 49.5 Å². The van der Waals surface area contributed by atoms with Gasteiger partial charge in [0.1, 0.15) is 5.75 Å². The third-order valence-corrected chi connectivity index (χ3v) is 5.26. The summed E-state index contributed by atoms with van der Waals surface area (Å²) in [6.07, 6.45) is 2.02. The molecule has 1 aliphatic rings. The van der Waals surface area contributed by atoms with Gasteiger partial charge in [-0.05, 0) is 44.7 Å². The standard InChI is InChI=1S/C23H26N4O2/c1-13-9-14(2)25-19(13)10-20-23(29-4)17(12-28)22(27-20)21-16(11-24-3)15-7-5-6-8-18(15)26-21/h5-10,24-25,27-28H,11-12H2,1-4H3. The number of para-hydroxylation sites is 1. The zero-order chi connectivity index (χ0) is 20.5. The van der Waals surface area contributed by atoms with Crippen LogP contribution in [0, 0.1) is 13.8 Å². The second-order valence-electron chi connectivity index (χ2n) is 7.26. The van der Waals surface area contributed by atoms with Crippen LogP contribution in [0.5, 0.6) is 5.75 Å². The summed E-state index contributed by atoms with van der Waals surface area (Å²) in [5.41, 5.74) is 5.90. The molecule has 0 spiro atoms. The molecule has 4 rings (SSSR count). The van der Waals surface area contributed by atoms with Gasteiger partial charge >= 0.3 is 0 Å². The quantitative estimate of drug-likeness (QED) is 0.499. The Hall–Kier alpha value is -3.09. The molecule has 2 aromatic heterocycles. The molecule has 6 nitrogen and oxygen atoms in total. The van der Waals surface area contributed by atoms with Gasteiger partial charge in [0.15, 0.2) is 0 Å². The minimum Gasteiger partial charge on any atom is -0.494 e. The van der Waals surface area contributed by atoms with Crippen molar-refractivity contribution >= 4 is 17.3 Å². The summed E-state index contributed by atoms with van der Waals surface area (Å²) in [4.78, 5) is 11.7. The number of aliphatic hydroxyl groups excluding tert-OH is 1. The molecule has 0 aliphatic carbocycles. The minimum atomic E-state index is -0.145. The maximum atomic E-state index is 10.2. The van der Waals surface area contributed by atoms with E-state index in [1.807, 2.05) is 38.2 Å². The normalized spacial score (nSPS) is 15.6. The van der Waals surface area contributed by atoms with Crippen LogP contribution in [0.1, 0.15) is 22.5 Å². The number of fused-ring (bicyclic) bond motifs is 1. The highest BCUT2D eigenvalue weighted by Crippen LogP contribution is 2.17. The van der Waals surface area contributed by atoms with Crippen molar-refractivity contribution in [2.45, 2.75) is 20.5 Å². The molecule has 0 amide bonds. The molecule has 150 valence electrons. The monoisotopic (exact) mass is 390 g/mol. The van der Waals surface area contributed by atoms with Crippen LogP contribution < -0.4 is 31.3 Å². The molecule has 4 N–H and O–H groups in total. The van der Waals surface area contributed by atoms with Crippen LogP contribution in [-0.2, 0) is 6.61 Å². The van der Waals surface area contributed by atoms with Gasteiger partial charge < -0.3 is 25.1 Å². The number of nitrogens with one attached hydrogen (secondary N) is 3. The van der Waals surface area contributed by atoms with Crippen molar-refractivity contribution in [1.82, 2.24) is 15.3 Å². The van der Waals surface area contributed by atoms with E-state index in [0.29, 0.717) is 17.9 Å². The first kappa shape index (κ1) is 19.2. The van der Waals surface area contributed by atoms with E-state index in [1.54, 1.807) is 7.11 Å². The molecule has 0 saturated carbocycles. The first-order valence-electron chi connectivity index (χ1n) is 9.67. The fourth-order valence-electron chi connectivity index (χ4n) is 3.98. The van der Waals surface area contributed by atoms with E-state index in [2.05, 4.69) is 34.3 Å². The number of aryl methyl sites for hydroxylation is 2. The van der Waals surface area contributed by atoms with Gasteiger partial charge in [-0.2, -0.15) is 0 Å². The Bertz CT molecular complexity index is 1310. The highest BCUT2D eigenvalue weighted by atomic mass is 16.5. The molecular formula is C23H26N4O2. The summed E-state index contributed by atoms with van der Waals surface area (Å²) < 4.78 is 5.68. The summed E-state index contributed by atoms with van der Waals surface area (Å²) in [6, 6.07) is 10.2. The average Bonchev–Trinajstić information content (AvgIpc) is 3.35. The Morgan fingerprint density at radius 2 is 2.00 bits per heavy atom. The van der Waals surface area contributed by atoms with E-state index in [4.69, 9.17) is 9.73 Å². The Balaban J connectivity index is 2.07. The molecule has 1 aromatic carbocycles. The second kappa shape index (κ2) is 7.73. The molecule has 0 bridgehead atoms. The number of methoxy groups -OCH3 is 1. The predicted octanol–water partition coefficient (Wildman–Crippen LogP) is 0.101. The van der Waals surface area contributed by atoms with E-state index in [1.165, 1.54) is 0 Å². The molecule has 0 saturated heterocycles. The number of hydrogen-bond acceptors (Lipinski definition) is 4. The van der Waals surface area contributed by atoms with Gasteiger partial charge in [0.05, 0.1) is 35.5 Å². The zero-order valence-electron chi connectivity index (χ0n) is 17.2. The Labute approximate surface area is 169 Å². The highest BCUT2D eigenvalue weighted by molar-refractivity contribution is 5.90. The first-order valence-corrected chi connectivity index (χ1v) is 9.67. The number of aromatic nitrogens is 2. The third-order valence-electron chi connectivity index (χ3n) is 5.26. The molecule has 0 unspecified atom stereocenters. The molecular weight excluding hydrogens is 364 g/mol. The number of benzene rings is 1. The molecule has 0 atom stereocenters. The van der Waals surface area contributed by atoms with Gasteiger partial charge in [-0.15, -0.1) is 0 Å². The fourth-order valence-corrected chi connectivity index (χ4v) is 3.98. The van der Waals surface area contributed by atoms with E-state index in [-0.39, 0.29) is 6.61 Å². The predicted molar refractivity (Wildman–Crippen MR) is 114 cm³/mol. The SMILES string of the molecule is CNCC1=c2ccccc2=NC1=c1[nH]c(=Cc2[nH]c(C)cc2C)c(OC)c1CO.